The normalized spacial score (nSPS) is 36.0. The molecule has 16 heavy (non-hydrogen) atoms. The van der Waals surface area contributed by atoms with E-state index in [1.807, 2.05) is 0 Å². The third-order valence-electron chi connectivity index (χ3n) is 4.44. The monoisotopic (exact) mass is 224 g/mol. The van der Waals surface area contributed by atoms with Gasteiger partial charge in [0.1, 0.15) is 0 Å². The van der Waals surface area contributed by atoms with Crippen LogP contribution in [-0.2, 0) is 4.79 Å². The molecule has 2 saturated heterocycles. The van der Waals surface area contributed by atoms with Gasteiger partial charge in [-0.15, -0.1) is 0 Å². The molecule has 1 aliphatic carbocycles. The number of hydrogen-bond donors (Lipinski definition) is 2. The number of nitrogens with zero attached hydrogens (tertiary/aromatic N) is 1. The fourth-order valence-corrected chi connectivity index (χ4v) is 3.20. The van der Waals surface area contributed by atoms with Crippen LogP contribution in [0.5, 0.6) is 0 Å². The van der Waals surface area contributed by atoms with Gasteiger partial charge in [-0.1, -0.05) is 0 Å². The van der Waals surface area contributed by atoms with E-state index in [2.05, 4.69) is 5.32 Å². The highest BCUT2D eigenvalue weighted by atomic mass is 16.4. The third kappa shape index (κ3) is 1.34. The maximum absolute atomic E-state index is 11.3. The maximum Gasteiger partial charge on any atom is 0.407 e. The first kappa shape index (κ1) is 10.1. The lowest BCUT2D eigenvalue weighted by Crippen LogP contribution is -2.43. The van der Waals surface area contributed by atoms with E-state index >= 15 is 0 Å². The molecule has 2 aliphatic heterocycles. The predicted octanol–water partition coefficient (Wildman–Crippen LogP) is 0.452. The number of carbonyl (C=O) groups excluding carboxylic acids is 1. The summed E-state index contributed by atoms with van der Waals surface area (Å²) in [6, 6.07) is 0. The molecule has 3 aliphatic rings. The molecule has 0 aromatic rings. The Morgan fingerprint density at radius 2 is 2.00 bits per heavy atom. The molecule has 0 bridgehead atoms. The first-order chi connectivity index (χ1) is 7.55. The van der Waals surface area contributed by atoms with Crippen LogP contribution in [0.3, 0.4) is 0 Å². The summed E-state index contributed by atoms with van der Waals surface area (Å²) in [5, 5.41) is 12.2. The van der Waals surface area contributed by atoms with Crippen LogP contribution in [0.1, 0.15) is 25.7 Å². The smallest absolute Gasteiger partial charge is 0.407 e. The Hall–Kier alpha value is -1.10. The Morgan fingerprint density at radius 1 is 1.38 bits per heavy atom. The maximum atomic E-state index is 11.3. The molecule has 2 N–H and O–H groups in total. The second kappa shape index (κ2) is 2.97. The minimum atomic E-state index is -0.821. The van der Waals surface area contributed by atoms with Crippen molar-refractivity contribution in [1.82, 2.24) is 10.2 Å². The highest BCUT2D eigenvalue weighted by molar-refractivity contribution is 6.05. The van der Waals surface area contributed by atoms with Gasteiger partial charge in [-0.3, -0.25) is 4.79 Å². The molecule has 1 saturated carbocycles. The molecular formula is C11H16N2O3. The topological polar surface area (TPSA) is 69.6 Å². The number of likely N-dealkylation sites (tertiary alicyclic amines) is 1. The summed E-state index contributed by atoms with van der Waals surface area (Å²) in [4.78, 5) is 23.6. The van der Waals surface area contributed by atoms with Crippen molar-refractivity contribution in [3.05, 3.63) is 0 Å². The van der Waals surface area contributed by atoms with Crippen molar-refractivity contribution >= 4 is 11.9 Å². The van der Waals surface area contributed by atoms with Gasteiger partial charge in [-0.25, -0.2) is 4.79 Å². The Bertz CT molecular complexity index is 360. The number of carbonyl (C=O) groups is 2. The van der Waals surface area contributed by atoms with Crippen molar-refractivity contribution < 1.29 is 14.7 Å². The first-order valence-electron chi connectivity index (χ1n) is 5.82. The molecule has 1 unspecified atom stereocenters. The van der Waals surface area contributed by atoms with E-state index in [9.17, 15) is 9.59 Å². The Labute approximate surface area is 93.8 Å². The summed E-state index contributed by atoms with van der Waals surface area (Å²) in [6.45, 7) is 2.11. The summed E-state index contributed by atoms with van der Waals surface area (Å²) in [5.74, 6) is 0.338. The van der Waals surface area contributed by atoms with Crippen LogP contribution < -0.4 is 5.32 Å². The van der Waals surface area contributed by atoms with E-state index in [1.165, 1.54) is 4.90 Å². The number of Topliss-reactive ketones (excluding diaryl/α,β-unsaturated/α-hetero) is 1. The van der Waals surface area contributed by atoms with Gasteiger partial charge in [-0.05, 0) is 24.7 Å². The zero-order chi connectivity index (χ0) is 11.4. The lowest BCUT2D eigenvalue weighted by molar-refractivity contribution is -0.111. The van der Waals surface area contributed by atoms with Crippen LogP contribution in [0.4, 0.5) is 4.79 Å². The number of ketones is 1. The van der Waals surface area contributed by atoms with E-state index in [0.717, 1.165) is 25.8 Å². The quantitative estimate of drug-likeness (QED) is 0.627. The van der Waals surface area contributed by atoms with Gasteiger partial charge in [0.05, 0.1) is 5.54 Å². The fourth-order valence-electron chi connectivity index (χ4n) is 3.20. The molecule has 5 heteroatoms. The van der Waals surface area contributed by atoms with Gasteiger partial charge in [0.15, 0.2) is 5.78 Å². The number of carboxylic acid groups (broad SMARTS) is 1. The molecule has 3 rings (SSSR count). The second-order valence-corrected chi connectivity index (χ2v) is 5.48. The highest BCUT2D eigenvalue weighted by Crippen LogP contribution is 2.50. The van der Waals surface area contributed by atoms with E-state index < -0.39 is 6.09 Å². The molecule has 0 aromatic carbocycles. The SMILES string of the molecule is O=C(O)N1CCC2(CC1)CNC1(CC1=O)C2. The van der Waals surface area contributed by atoms with E-state index in [0.29, 0.717) is 25.3 Å². The molecule has 5 nitrogen and oxygen atoms in total. The molecule has 1 atom stereocenters. The van der Waals surface area contributed by atoms with Crippen molar-refractivity contribution in [1.29, 1.82) is 0 Å². The number of amides is 1. The summed E-state index contributed by atoms with van der Waals surface area (Å²) in [5.41, 5.74) is -0.0243. The number of nitrogens with one attached hydrogen (secondary N) is 1. The zero-order valence-corrected chi connectivity index (χ0v) is 9.16. The average molecular weight is 224 g/mol. The molecule has 0 aromatic heterocycles. The van der Waals surface area contributed by atoms with Gasteiger partial charge in [-0.2, -0.15) is 0 Å². The van der Waals surface area contributed by atoms with E-state index in [-0.39, 0.29) is 11.0 Å². The summed E-state index contributed by atoms with van der Waals surface area (Å²) in [7, 11) is 0. The Balaban J connectivity index is 1.66. The van der Waals surface area contributed by atoms with Crippen LogP contribution in [0.2, 0.25) is 0 Å². The van der Waals surface area contributed by atoms with Crippen LogP contribution >= 0.6 is 0 Å². The first-order valence-corrected chi connectivity index (χ1v) is 5.82. The van der Waals surface area contributed by atoms with E-state index in [1.54, 1.807) is 0 Å². The van der Waals surface area contributed by atoms with E-state index in [4.69, 9.17) is 5.11 Å². The second-order valence-electron chi connectivity index (χ2n) is 5.48. The van der Waals surface area contributed by atoms with Crippen LogP contribution in [-0.4, -0.2) is 47.1 Å². The molecule has 2 heterocycles. The lowest BCUT2D eigenvalue weighted by Gasteiger charge is -2.37. The number of piperidine rings is 1. The fraction of sp³-hybridized carbons (Fsp3) is 0.818. The van der Waals surface area contributed by atoms with Crippen molar-refractivity contribution in [3.63, 3.8) is 0 Å². The van der Waals surface area contributed by atoms with Gasteiger partial charge in [0, 0.05) is 26.1 Å². The van der Waals surface area contributed by atoms with Crippen LogP contribution in [0.15, 0.2) is 0 Å². The summed E-state index contributed by atoms with van der Waals surface area (Å²) >= 11 is 0. The third-order valence-corrected chi connectivity index (χ3v) is 4.44. The Morgan fingerprint density at radius 3 is 2.44 bits per heavy atom. The van der Waals surface area contributed by atoms with Crippen molar-refractivity contribution in [3.8, 4) is 0 Å². The summed E-state index contributed by atoms with van der Waals surface area (Å²) < 4.78 is 0. The standard InChI is InChI=1S/C11H16N2O3/c14-8-5-11(8)6-10(7-12-11)1-3-13(4-2-10)9(15)16/h12H,1-7H2,(H,15,16). The molecule has 0 radical (unpaired) electrons. The van der Waals surface area contributed by atoms with Crippen molar-refractivity contribution in [2.75, 3.05) is 19.6 Å². The van der Waals surface area contributed by atoms with Gasteiger partial charge in [0.25, 0.3) is 0 Å². The molecule has 3 fully saturated rings. The summed E-state index contributed by atoms with van der Waals surface area (Å²) in [6.07, 6.45) is 2.56. The molecule has 1 amide bonds. The lowest BCUT2D eigenvalue weighted by atomic mass is 9.76. The minimum Gasteiger partial charge on any atom is -0.465 e. The van der Waals surface area contributed by atoms with Crippen LogP contribution in [0.25, 0.3) is 0 Å². The van der Waals surface area contributed by atoms with Crippen molar-refractivity contribution in [2.45, 2.75) is 31.2 Å². The highest BCUT2D eigenvalue weighted by Gasteiger charge is 2.62. The molecule has 88 valence electrons. The minimum absolute atomic E-state index is 0.179. The largest absolute Gasteiger partial charge is 0.465 e. The number of rotatable bonds is 0. The van der Waals surface area contributed by atoms with Gasteiger partial charge in [0.2, 0.25) is 0 Å². The molecular weight excluding hydrogens is 208 g/mol. The number of hydrogen-bond acceptors (Lipinski definition) is 3. The van der Waals surface area contributed by atoms with Gasteiger partial charge >= 0.3 is 6.09 Å². The van der Waals surface area contributed by atoms with Gasteiger partial charge < -0.3 is 15.3 Å². The van der Waals surface area contributed by atoms with Crippen molar-refractivity contribution in [2.24, 2.45) is 5.41 Å². The van der Waals surface area contributed by atoms with Crippen LogP contribution in [0, 0.1) is 5.41 Å². The predicted molar refractivity (Wildman–Crippen MR) is 56.2 cm³/mol. The Kier molecular flexibility index (Phi) is 1.87. The zero-order valence-electron chi connectivity index (χ0n) is 9.16. The average Bonchev–Trinajstić information content (AvgIpc) is 2.71. The molecule has 2 spiro atoms.